The summed E-state index contributed by atoms with van der Waals surface area (Å²) in [6.07, 6.45) is 6.22. The van der Waals surface area contributed by atoms with Gasteiger partial charge in [0.15, 0.2) is 0 Å². The molecule has 114 valence electrons. The van der Waals surface area contributed by atoms with E-state index in [0.717, 1.165) is 6.42 Å². The molecule has 0 radical (unpaired) electrons. The third kappa shape index (κ3) is 3.00. The normalized spacial score (nSPS) is 37.8. The van der Waals surface area contributed by atoms with E-state index in [9.17, 15) is 4.79 Å². The topological polar surface area (TPSA) is 50.8 Å². The Morgan fingerprint density at radius 2 is 2.25 bits per heavy atom. The maximum absolute atomic E-state index is 12.7. The number of hydrogen-bond acceptors (Lipinski definition) is 4. The van der Waals surface area contributed by atoms with Crippen molar-refractivity contribution in [3.63, 3.8) is 0 Å². The Labute approximate surface area is 121 Å². The number of carbonyl (C=O) groups is 1. The highest BCUT2D eigenvalue weighted by molar-refractivity contribution is 5.82. The van der Waals surface area contributed by atoms with Gasteiger partial charge in [-0.2, -0.15) is 0 Å². The van der Waals surface area contributed by atoms with E-state index >= 15 is 0 Å². The van der Waals surface area contributed by atoms with Crippen LogP contribution in [0.25, 0.3) is 0 Å². The number of carbonyl (C=O) groups excluding carboxylic acids is 1. The fourth-order valence-corrected chi connectivity index (χ4v) is 3.94. The van der Waals surface area contributed by atoms with Gasteiger partial charge in [0.1, 0.15) is 0 Å². The van der Waals surface area contributed by atoms with Crippen LogP contribution in [-0.4, -0.2) is 62.4 Å². The van der Waals surface area contributed by atoms with Gasteiger partial charge in [-0.15, -0.1) is 0 Å². The number of methoxy groups -OCH3 is 1. The monoisotopic (exact) mass is 282 g/mol. The number of nitrogens with one attached hydrogen (secondary N) is 1. The van der Waals surface area contributed by atoms with E-state index in [4.69, 9.17) is 9.47 Å². The molecule has 0 unspecified atom stereocenters. The second-order valence-corrected chi connectivity index (χ2v) is 6.34. The van der Waals surface area contributed by atoms with E-state index in [2.05, 4.69) is 5.32 Å². The number of rotatable bonds is 3. The Morgan fingerprint density at radius 3 is 3.05 bits per heavy atom. The molecule has 5 heteroatoms. The number of hydrogen-bond donors (Lipinski definition) is 1. The zero-order chi connectivity index (χ0) is 13.9. The minimum atomic E-state index is 0.0291. The molecule has 2 heterocycles. The van der Waals surface area contributed by atoms with Crippen molar-refractivity contribution in [2.24, 2.45) is 5.92 Å². The summed E-state index contributed by atoms with van der Waals surface area (Å²) in [5, 5.41) is 3.57. The lowest BCUT2D eigenvalue weighted by Gasteiger charge is -2.34. The molecule has 0 spiro atoms. The molecule has 20 heavy (non-hydrogen) atoms. The summed E-state index contributed by atoms with van der Waals surface area (Å²) < 4.78 is 10.8. The van der Waals surface area contributed by atoms with Crippen molar-refractivity contribution < 1.29 is 14.3 Å². The first-order valence-corrected chi connectivity index (χ1v) is 7.93. The molecule has 5 nitrogen and oxygen atoms in total. The molecule has 3 fully saturated rings. The van der Waals surface area contributed by atoms with E-state index in [1.54, 1.807) is 7.11 Å². The molecule has 1 aliphatic carbocycles. The van der Waals surface area contributed by atoms with E-state index < -0.39 is 0 Å². The maximum atomic E-state index is 12.7. The van der Waals surface area contributed by atoms with Crippen LogP contribution in [-0.2, 0) is 14.3 Å². The molecule has 3 rings (SSSR count). The Hall–Kier alpha value is -0.650. The van der Waals surface area contributed by atoms with Crippen molar-refractivity contribution in [1.29, 1.82) is 0 Å². The minimum absolute atomic E-state index is 0.0291. The van der Waals surface area contributed by atoms with Gasteiger partial charge in [-0.05, 0) is 25.2 Å². The van der Waals surface area contributed by atoms with Crippen LogP contribution in [0.1, 0.15) is 32.1 Å². The number of amides is 1. The van der Waals surface area contributed by atoms with Gasteiger partial charge >= 0.3 is 0 Å². The molecule has 1 N–H and O–H groups in total. The maximum Gasteiger partial charge on any atom is 0.239 e. The zero-order valence-electron chi connectivity index (χ0n) is 12.3. The molecular weight excluding hydrogens is 256 g/mol. The van der Waals surface area contributed by atoms with Crippen LogP contribution in [0.3, 0.4) is 0 Å². The number of ether oxygens (including phenoxy) is 2. The predicted octanol–water partition coefficient (Wildman–Crippen LogP) is 0.781. The largest absolute Gasteiger partial charge is 0.382 e. The van der Waals surface area contributed by atoms with Gasteiger partial charge < -0.3 is 19.7 Å². The second-order valence-electron chi connectivity index (χ2n) is 6.34. The lowest BCUT2D eigenvalue weighted by molar-refractivity contribution is -0.142. The van der Waals surface area contributed by atoms with Crippen molar-refractivity contribution in [2.45, 2.75) is 50.3 Å². The Balaban J connectivity index is 1.55. The molecule has 4 atom stereocenters. The van der Waals surface area contributed by atoms with E-state index in [0.29, 0.717) is 38.3 Å². The van der Waals surface area contributed by atoms with Crippen molar-refractivity contribution in [1.82, 2.24) is 10.2 Å². The first-order chi connectivity index (χ1) is 9.78. The van der Waals surface area contributed by atoms with Crippen LogP contribution >= 0.6 is 0 Å². The third-order valence-corrected chi connectivity index (χ3v) is 4.96. The third-order valence-electron chi connectivity index (χ3n) is 4.96. The predicted molar refractivity (Wildman–Crippen MR) is 75.5 cm³/mol. The average molecular weight is 282 g/mol. The molecule has 2 aliphatic heterocycles. The second kappa shape index (κ2) is 6.41. The minimum Gasteiger partial charge on any atom is -0.382 e. The first-order valence-electron chi connectivity index (χ1n) is 7.93. The van der Waals surface area contributed by atoms with Crippen LogP contribution in [0.5, 0.6) is 0 Å². The van der Waals surface area contributed by atoms with Crippen LogP contribution in [0.15, 0.2) is 0 Å². The summed E-state index contributed by atoms with van der Waals surface area (Å²) in [5.41, 5.74) is 0. The highest BCUT2D eigenvalue weighted by Crippen LogP contribution is 2.33. The Morgan fingerprint density at radius 1 is 1.40 bits per heavy atom. The summed E-state index contributed by atoms with van der Waals surface area (Å²) in [5.74, 6) is 0.984. The molecule has 3 aliphatic rings. The fourth-order valence-electron chi connectivity index (χ4n) is 3.94. The van der Waals surface area contributed by atoms with Crippen molar-refractivity contribution in [3.8, 4) is 0 Å². The Bertz CT molecular complexity index is 334. The first kappa shape index (κ1) is 14.3. The smallest absolute Gasteiger partial charge is 0.239 e. The summed E-state index contributed by atoms with van der Waals surface area (Å²) in [6.45, 7) is 2.57. The van der Waals surface area contributed by atoms with Gasteiger partial charge in [0.25, 0.3) is 0 Å². The quantitative estimate of drug-likeness (QED) is 0.831. The highest BCUT2D eigenvalue weighted by Gasteiger charge is 2.40. The Kier molecular flexibility index (Phi) is 4.58. The lowest BCUT2D eigenvalue weighted by atomic mass is 9.85. The van der Waals surface area contributed by atoms with E-state index in [1.165, 1.54) is 25.7 Å². The highest BCUT2D eigenvalue weighted by atomic mass is 16.5. The fraction of sp³-hybridized carbons (Fsp3) is 0.933. The average Bonchev–Trinajstić information content (AvgIpc) is 2.91. The number of morpholine rings is 1. The van der Waals surface area contributed by atoms with Crippen molar-refractivity contribution >= 4 is 5.91 Å². The zero-order valence-corrected chi connectivity index (χ0v) is 12.3. The standard InChI is InChI=1S/C15H26N2O3/c1-19-10-12-9-17(6-7-20-12)15(18)14-8-11-4-2-3-5-13(11)16-14/h11-14,16H,2-10H2,1H3/t11-,12-,13-,14-/m0/s1. The van der Waals surface area contributed by atoms with Gasteiger partial charge in [0.05, 0.1) is 25.4 Å². The van der Waals surface area contributed by atoms with Crippen LogP contribution < -0.4 is 5.32 Å². The summed E-state index contributed by atoms with van der Waals surface area (Å²) >= 11 is 0. The number of fused-ring (bicyclic) bond motifs is 1. The van der Waals surface area contributed by atoms with Gasteiger partial charge in [0, 0.05) is 26.2 Å². The van der Waals surface area contributed by atoms with Gasteiger partial charge in [0.2, 0.25) is 5.91 Å². The molecular formula is C15H26N2O3. The van der Waals surface area contributed by atoms with Crippen LogP contribution in [0.4, 0.5) is 0 Å². The van der Waals surface area contributed by atoms with E-state index in [1.807, 2.05) is 4.90 Å². The number of nitrogens with zero attached hydrogens (tertiary/aromatic N) is 1. The SMILES string of the molecule is COC[C@@H]1CN(C(=O)[C@@H]2C[C@@H]3CCCC[C@@H]3N2)CCO1. The molecule has 1 saturated carbocycles. The van der Waals surface area contributed by atoms with Crippen molar-refractivity contribution in [2.75, 3.05) is 33.4 Å². The summed E-state index contributed by atoms with van der Waals surface area (Å²) in [7, 11) is 1.67. The molecule has 0 aromatic carbocycles. The molecule has 2 saturated heterocycles. The van der Waals surface area contributed by atoms with Gasteiger partial charge in [-0.1, -0.05) is 12.8 Å². The van der Waals surface area contributed by atoms with E-state index in [-0.39, 0.29) is 18.1 Å². The molecule has 1 amide bonds. The molecule has 0 bridgehead atoms. The lowest BCUT2D eigenvalue weighted by Crippen LogP contribution is -2.52. The van der Waals surface area contributed by atoms with Crippen LogP contribution in [0, 0.1) is 5.92 Å². The van der Waals surface area contributed by atoms with Crippen LogP contribution in [0.2, 0.25) is 0 Å². The van der Waals surface area contributed by atoms with Gasteiger partial charge in [-0.25, -0.2) is 0 Å². The molecule has 0 aromatic rings. The van der Waals surface area contributed by atoms with Crippen molar-refractivity contribution in [3.05, 3.63) is 0 Å². The van der Waals surface area contributed by atoms with Gasteiger partial charge in [-0.3, -0.25) is 4.79 Å². The summed E-state index contributed by atoms with van der Waals surface area (Å²) in [6, 6.07) is 0.609. The molecule has 0 aromatic heterocycles. The summed E-state index contributed by atoms with van der Waals surface area (Å²) in [4.78, 5) is 14.6.